The van der Waals surface area contributed by atoms with Gasteiger partial charge in [-0.3, -0.25) is 9.59 Å². The van der Waals surface area contributed by atoms with Gasteiger partial charge in [0, 0.05) is 24.3 Å². The molecule has 0 unspecified atom stereocenters. The minimum absolute atomic E-state index is 0.000136. The number of hydrogen-bond acceptors (Lipinski definition) is 2. The molecule has 0 aromatic heterocycles. The maximum atomic E-state index is 12.1. The van der Waals surface area contributed by atoms with Crippen molar-refractivity contribution < 1.29 is 9.59 Å². The number of rotatable bonds is 2. The first-order valence-electron chi connectivity index (χ1n) is 5.85. The Bertz CT molecular complexity index is 506. The molecule has 4 nitrogen and oxygen atoms in total. The number of benzene rings is 1. The Labute approximate surface area is 99.6 Å². The lowest BCUT2D eigenvalue weighted by Crippen LogP contribution is -2.28. The van der Waals surface area contributed by atoms with Crippen molar-refractivity contribution in [2.24, 2.45) is 0 Å². The summed E-state index contributed by atoms with van der Waals surface area (Å²) < 4.78 is 0. The highest BCUT2D eigenvalue weighted by atomic mass is 16.2. The number of nitrogens with zero attached hydrogens (tertiary/aromatic N) is 1. The molecule has 0 bridgehead atoms. The third-order valence-corrected chi connectivity index (χ3v) is 3.40. The summed E-state index contributed by atoms with van der Waals surface area (Å²) >= 11 is 0. The Kier molecular flexibility index (Phi) is 2.18. The molecule has 1 N–H and O–H groups in total. The highest BCUT2D eigenvalue weighted by molar-refractivity contribution is 6.02. The molecule has 1 fully saturated rings. The van der Waals surface area contributed by atoms with Crippen molar-refractivity contribution in [2.75, 3.05) is 12.4 Å². The molecule has 4 heteroatoms. The number of anilines is 1. The van der Waals surface area contributed by atoms with Gasteiger partial charge in [0.2, 0.25) is 5.91 Å². The highest BCUT2D eigenvalue weighted by Gasteiger charge is 2.30. The van der Waals surface area contributed by atoms with Gasteiger partial charge in [-0.1, -0.05) is 6.07 Å². The van der Waals surface area contributed by atoms with Crippen LogP contribution >= 0.6 is 0 Å². The lowest BCUT2D eigenvalue weighted by molar-refractivity contribution is -0.115. The second-order valence-electron chi connectivity index (χ2n) is 4.74. The molecule has 1 aromatic rings. The van der Waals surface area contributed by atoms with Crippen LogP contribution in [0.15, 0.2) is 18.2 Å². The molecule has 1 heterocycles. The van der Waals surface area contributed by atoms with Crippen LogP contribution in [0.1, 0.15) is 28.8 Å². The van der Waals surface area contributed by atoms with E-state index >= 15 is 0 Å². The minimum atomic E-state index is 0.000136. The van der Waals surface area contributed by atoms with E-state index in [-0.39, 0.29) is 11.8 Å². The van der Waals surface area contributed by atoms with Crippen LogP contribution in [-0.2, 0) is 11.2 Å². The van der Waals surface area contributed by atoms with Crippen molar-refractivity contribution in [3.63, 3.8) is 0 Å². The lowest BCUT2D eigenvalue weighted by atomic mass is 10.1. The average Bonchev–Trinajstić information content (AvgIpc) is 3.08. The molecule has 3 rings (SSSR count). The maximum Gasteiger partial charge on any atom is 0.253 e. The van der Waals surface area contributed by atoms with E-state index in [9.17, 15) is 9.59 Å². The van der Waals surface area contributed by atoms with E-state index < -0.39 is 0 Å². The van der Waals surface area contributed by atoms with E-state index in [0.29, 0.717) is 18.0 Å². The van der Waals surface area contributed by atoms with Crippen LogP contribution in [0.3, 0.4) is 0 Å². The summed E-state index contributed by atoms with van der Waals surface area (Å²) in [6.45, 7) is 0. The maximum absolute atomic E-state index is 12.1. The van der Waals surface area contributed by atoms with Crippen LogP contribution < -0.4 is 5.32 Å². The Hall–Kier alpha value is -1.84. The van der Waals surface area contributed by atoms with Crippen LogP contribution in [0.5, 0.6) is 0 Å². The Morgan fingerprint density at radius 1 is 1.41 bits per heavy atom. The fourth-order valence-electron chi connectivity index (χ4n) is 2.18. The number of nitrogens with one attached hydrogen (secondary N) is 1. The van der Waals surface area contributed by atoms with Crippen molar-refractivity contribution in [2.45, 2.75) is 25.3 Å². The number of carbonyl (C=O) groups excluding carboxylic acids is 2. The largest absolute Gasteiger partial charge is 0.339 e. The molecule has 17 heavy (non-hydrogen) atoms. The van der Waals surface area contributed by atoms with E-state index in [0.717, 1.165) is 24.1 Å². The standard InChI is InChI=1S/C13H14N2O2/c1-15(10-4-5-10)13(17)9-3-2-8-7-12(16)14-11(8)6-9/h2-3,6,10H,4-5,7H2,1H3,(H,14,16). The molecule has 0 atom stereocenters. The molecule has 2 aliphatic rings. The normalized spacial score (nSPS) is 17.6. The van der Waals surface area contributed by atoms with Gasteiger partial charge in [0.25, 0.3) is 5.91 Å². The van der Waals surface area contributed by atoms with Crippen LogP contribution in [0, 0.1) is 0 Å². The fourth-order valence-corrected chi connectivity index (χ4v) is 2.18. The van der Waals surface area contributed by atoms with Crippen LogP contribution in [0.2, 0.25) is 0 Å². The molecule has 0 saturated heterocycles. The summed E-state index contributed by atoms with van der Waals surface area (Å²) in [5.74, 6) is 0.0385. The van der Waals surface area contributed by atoms with Gasteiger partial charge in [0.1, 0.15) is 0 Å². The third-order valence-electron chi connectivity index (χ3n) is 3.40. The van der Waals surface area contributed by atoms with Gasteiger partial charge < -0.3 is 10.2 Å². The number of fused-ring (bicyclic) bond motifs is 1. The molecule has 0 radical (unpaired) electrons. The molecular weight excluding hydrogens is 216 g/mol. The zero-order valence-corrected chi connectivity index (χ0v) is 9.69. The van der Waals surface area contributed by atoms with Gasteiger partial charge in [0.05, 0.1) is 6.42 Å². The Balaban J connectivity index is 1.87. The summed E-state index contributed by atoms with van der Waals surface area (Å²) in [6.07, 6.45) is 2.62. The summed E-state index contributed by atoms with van der Waals surface area (Å²) in [4.78, 5) is 25.1. The van der Waals surface area contributed by atoms with Gasteiger partial charge in [-0.05, 0) is 30.5 Å². The van der Waals surface area contributed by atoms with Crippen molar-refractivity contribution in [1.29, 1.82) is 0 Å². The highest BCUT2D eigenvalue weighted by Crippen LogP contribution is 2.29. The van der Waals surface area contributed by atoms with E-state index in [2.05, 4.69) is 5.32 Å². The van der Waals surface area contributed by atoms with Crippen molar-refractivity contribution in [1.82, 2.24) is 4.90 Å². The third kappa shape index (κ3) is 1.79. The van der Waals surface area contributed by atoms with E-state index in [4.69, 9.17) is 0 Å². The quantitative estimate of drug-likeness (QED) is 0.835. The number of hydrogen-bond donors (Lipinski definition) is 1. The Morgan fingerprint density at radius 2 is 2.18 bits per heavy atom. The zero-order valence-electron chi connectivity index (χ0n) is 9.69. The molecular formula is C13H14N2O2. The van der Waals surface area contributed by atoms with E-state index in [1.807, 2.05) is 13.1 Å². The first-order chi connectivity index (χ1) is 8.15. The second kappa shape index (κ2) is 3.58. The fraction of sp³-hybridized carbons (Fsp3) is 0.385. The van der Waals surface area contributed by atoms with Crippen LogP contribution in [0.25, 0.3) is 0 Å². The smallest absolute Gasteiger partial charge is 0.253 e. The predicted octanol–water partition coefficient (Wildman–Crippen LogP) is 1.42. The van der Waals surface area contributed by atoms with Gasteiger partial charge in [0.15, 0.2) is 0 Å². The number of amides is 2. The van der Waals surface area contributed by atoms with Crippen LogP contribution in [-0.4, -0.2) is 29.8 Å². The predicted molar refractivity (Wildman–Crippen MR) is 63.9 cm³/mol. The monoisotopic (exact) mass is 230 g/mol. The van der Waals surface area contributed by atoms with Gasteiger partial charge >= 0.3 is 0 Å². The molecule has 2 amide bonds. The molecule has 1 aliphatic carbocycles. The topological polar surface area (TPSA) is 49.4 Å². The summed E-state index contributed by atoms with van der Waals surface area (Å²) in [5.41, 5.74) is 2.41. The second-order valence-corrected chi connectivity index (χ2v) is 4.74. The number of carbonyl (C=O) groups is 2. The average molecular weight is 230 g/mol. The van der Waals surface area contributed by atoms with E-state index in [1.165, 1.54) is 0 Å². The van der Waals surface area contributed by atoms with E-state index in [1.54, 1.807) is 17.0 Å². The minimum Gasteiger partial charge on any atom is -0.339 e. The van der Waals surface area contributed by atoms with Gasteiger partial charge in [-0.2, -0.15) is 0 Å². The SMILES string of the molecule is CN(C(=O)c1ccc2c(c1)NC(=O)C2)C1CC1. The van der Waals surface area contributed by atoms with Crippen molar-refractivity contribution in [3.05, 3.63) is 29.3 Å². The van der Waals surface area contributed by atoms with Gasteiger partial charge in [-0.25, -0.2) is 0 Å². The van der Waals surface area contributed by atoms with Gasteiger partial charge in [-0.15, -0.1) is 0 Å². The molecule has 88 valence electrons. The molecule has 1 aliphatic heterocycles. The zero-order chi connectivity index (χ0) is 12.0. The van der Waals surface area contributed by atoms with Crippen LogP contribution in [0.4, 0.5) is 5.69 Å². The summed E-state index contributed by atoms with van der Waals surface area (Å²) in [5, 5.41) is 2.77. The summed E-state index contributed by atoms with van der Waals surface area (Å²) in [6, 6.07) is 5.86. The lowest BCUT2D eigenvalue weighted by Gasteiger charge is -2.16. The van der Waals surface area contributed by atoms with Crippen molar-refractivity contribution >= 4 is 17.5 Å². The molecule has 1 aromatic carbocycles. The Morgan fingerprint density at radius 3 is 2.88 bits per heavy atom. The first kappa shape index (κ1) is 10.3. The first-order valence-corrected chi connectivity index (χ1v) is 5.85. The summed E-state index contributed by atoms with van der Waals surface area (Å²) in [7, 11) is 1.84. The molecule has 0 spiro atoms. The van der Waals surface area contributed by atoms with Crippen molar-refractivity contribution in [3.8, 4) is 0 Å². The molecule has 1 saturated carbocycles.